The van der Waals surface area contributed by atoms with Crippen LogP contribution < -0.4 is 0 Å². The molecular formula is C9H13ClN2. The molecule has 0 N–H and O–H groups in total. The summed E-state index contributed by atoms with van der Waals surface area (Å²) in [5, 5.41) is 4.97. The first-order valence-corrected chi connectivity index (χ1v) is 4.42. The van der Waals surface area contributed by atoms with Crippen LogP contribution in [0.25, 0.3) is 5.57 Å². The fourth-order valence-electron chi connectivity index (χ4n) is 0.971. The molecule has 1 aromatic heterocycles. The Labute approximate surface area is 77.8 Å². The third kappa shape index (κ3) is 1.89. The van der Waals surface area contributed by atoms with Gasteiger partial charge in [-0.25, -0.2) is 0 Å². The molecule has 0 amide bonds. The van der Waals surface area contributed by atoms with Gasteiger partial charge in [-0.3, -0.25) is 4.68 Å². The lowest BCUT2D eigenvalue weighted by Gasteiger charge is -1.97. The molecule has 0 aromatic carbocycles. The summed E-state index contributed by atoms with van der Waals surface area (Å²) in [6.07, 6.45) is 1.04. The van der Waals surface area contributed by atoms with Crippen LogP contribution in [0.2, 0.25) is 5.15 Å². The minimum absolute atomic E-state index is 0.690. The first-order chi connectivity index (χ1) is 5.65. The van der Waals surface area contributed by atoms with E-state index in [-0.39, 0.29) is 0 Å². The molecule has 66 valence electrons. The molecule has 1 heterocycles. The van der Waals surface area contributed by atoms with Crippen molar-refractivity contribution in [2.45, 2.75) is 26.8 Å². The first kappa shape index (κ1) is 9.33. The van der Waals surface area contributed by atoms with Gasteiger partial charge in [0.05, 0.1) is 5.69 Å². The molecule has 3 heteroatoms. The molecule has 12 heavy (non-hydrogen) atoms. The van der Waals surface area contributed by atoms with Crippen LogP contribution in [0.1, 0.15) is 26.0 Å². The van der Waals surface area contributed by atoms with E-state index in [0.717, 1.165) is 24.2 Å². The molecule has 0 bridgehead atoms. The van der Waals surface area contributed by atoms with Crippen LogP contribution in [0, 0.1) is 0 Å². The summed E-state index contributed by atoms with van der Waals surface area (Å²) in [7, 11) is 0. The van der Waals surface area contributed by atoms with Crippen molar-refractivity contribution in [1.29, 1.82) is 0 Å². The fourth-order valence-corrected chi connectivity index (χ4v) is 1.20. The maximum absolute atomic E-state index is 5.93. The van der Waals surface area contributed by atoms with Gasteiger partial charge in [0.25, 0.3) is 0 Å². The first-order valence-electron chi connectivity index (χ1n) is 4.04. The molecular weight excluding hydrogens is 172 g/mol. The number of hydrogen-bond acceptors (Lipinski definition) is 1. The SMILES string of the molecule is C=C(C)c1cc(Cl)n(CCC)n1. The Morgan fingerprint density at radius 2 is 2.42 bits per heavy atom. The Morgan fingerprint density at radius 3 is 2.83 bits per heavy atom. The Bertz CT molecular complexity index is 289. The van der Waals surface area contributed by atoms with E-state index >= 15 is 0 Å². The Kier molecular flexibility index (Phi) is 2.93. The topological polar surface area (TPSA) is 17.8 Å². The maximum Gasteiger partial charge on any atom is 0.127 e. The van der Waals surface area contributed by atoms with E-state index < -0.39 is 0 Å². The third-order valence-electron chi connectivity index (χ3n) is 1.60. The zero-order valence-electron chi connectivity index (χ0n) is 7.47. The quantitative estimate of drug-likeness (QED) is 0.706. The predicted molar refractivity (Wildman–Crippen MR) is 52.2 cm³/mol. The molecule has 1 rings (SSSR count). The fraction of sp³-hybridized carbons (Fsp3) is 0.444. The maximum atomic E-state index is 5.93. The van der Waals surface area contributed by atoms with Gasteiger partial charge in [-0.15, -0.1) is 0 Å². The van der Waals surface area contributed by atoms with Crippen molar-refractivity contribution in [3.63, 3.8) is 0 Å². The van der Waals surface area contributed by atoms with Gasteiger partial charge >= 0.3 is 0 Å². The van der Waals surface area contributed by atoms with Crippen LogP contribution in [-0.4, -0.2) is 9.78 Å². The molecule has 1 aromatic rings. The van der Waals surface area contributed by atoms with Gasteiger partial charge in [0.1, 0.15) is 5.15 Å². The molecule has 0 spiro atoms. The van der Waals surface area contributed by atoms with Crippen LogP contribution in [-0.2, 0) is 6.54 Å². The second kappa shape index (κ2) is 3.76. The lowest BCUT2D eigenvalue weighted by atomic mass is 10.3. The van der Waals surface area contributed by atoms with Crippen molar-refractivity contribution in [3.8, 4) is 0 Å². The van der Waals surface area contributed by atoms with E-state index in [4.69, 9.17) is 11.6 Å². The van der Waals surface area contributed by atoms with Gasteiger partial charge in [-0.1, -0.05) is 25.1 Å². The summed E-state index contributed by atoms with van der Waals surface area (Å²) in [4.78, 5) is 0. The van der Waals surface area contributed by atoms with Crippen molar-refractivity contribution < 1.29 is 0 Å². The van der Waals surface area contributed by atoms with Crippen LogP contribution >= 0.6 is 11.6 Å². The minimum Gasteiger partial charge on any atom is -0.253 e. The predicted octanol–water partition coefficient (Wildman–Crippen LogP) is 2.98. The Balaban J connectivity index is 2.92. The van der Waals surface area contributed by atoms with E-state index in [9.17, 15) is 0 Å². The van der Waals surface area contributed by atoms with Crippen molar-refractivity contribution in [3.05, 3.63) is 23.5 Å². The molecule has 0 unspecified atom stereocenters. The van der Waals surface area contributed by atoms with Gasteiger partial charge < -0.3 is 0 Å². The molecule has 0 aliphatic heterocycles. The van der Waals surface area contributed by atoms with E-state index in [1.54, 1.807) is 4.68 Å². The summed E-state index contributed by atoms with van der Waals surface area (Å²) < 4.78 is 1.80. The van der Waals surface area contributed by atoms with E-state index in [1.807, 2.05) is 13.0 Å². The lowest BCUT2D eigenvalue weighted by molar-refractivity contribution is 0.602. The standard InChI is InChI=1S/C9H13ClN2/c1-4-5-12-9(10)6-8(11-12)7(2)3/h6H,2,4-5H2,1,3H3. The smallest absolute Gasteiger partial charge is 0.127 e. The Morgan fingerprint density at radius 1 is 1.75 bits per heavy atom. The second-order valence-corrected chi connectivity index (χ2v) is 3.24. The van der Waals surface area contributed by atoms with Gasteiger partial charge in [0.2, 0.25) is 0 Å². The molecule has 2 nitrogen and oxygen atoms in total. The molecule has 0 saturated heterocycles. The van der Waals surface area contributed by atoms with Crippen molar-refractivity contribution >= 4 is 17.2 Å². The molecule has 0 radical (unpaired) electrons. The highest BCUT2D eigenvalue weighted by Crippen LogP contribution is 2.16. The highest BCUT2D eigenvalue weighted by atomic mass is 35.5. The summed E-state index contributed by atoms with van der Waals surface area (Å²) in [5.41, 5.74) is 1.83. The number of hydrogen-bond donors (Lipinski definition) is 0. The number of aromatic nitrogens is 2. The molecule has 0 aliphatic rings. The highest BCUT2D eigenvalue weighted by Gasteiger charge is 2.04. The monoisotopic (exact) mass is 184 g/mol. The van der Waals surface area contributed by atoms with Crippen molar-refractivity contribution in [1.82, 2.24) is 9.78 Å². The summed E-state index contributed by atoms with van der Waals surface area (Å²) in [5.74, 6) is 0. The largest absolute Gasteiger partial charge is 0.253 e. The molecule has 0 fully saturated rings. The Hall–Kier alpha value is -0.760. The number of rotatable bonds is 3. The van der Waals surface area contributed by atoms with Crippen LogP contribution in [0.3, 0.4) is 0 Å². The number of nitrogens with zero attached hydrogens (tertiary/aromatic N) is 2. The van der Waals surface area contributed by atoms with Crippen molar-refractivity contribution in [2.24, 2.45) is 0 Å². The van der Waals surface area contributed by atoms with Gasteiger partial charge in [0, 0.05) is 12.6 Å². The average molecular weight is 185 g/mol. The normalized spacial score (nSPS) is 10.2. The van der Waals surface area contributed by atoms with E-state index in [1.165, 1.54) is 0 Å². The molecule has 0 aliphatic carbocycles. The molecule has 0 saturated carbocycles. The summed E-state index contributed by atoms with van der Waals surface area (Å²) in [6, 6.07) is 1.85. The second-order valence-electron chi connectivity index (χ2n) is 2.86. The van der Waals surface area contributed by atoms with Crippen molar-refractivity contribution in [2.75, 3.05) is 0 Å². The summed E-state index contributed by atoms with van der Waals surface area (Å²) in [6.45, 7) is 8.69. The minimum atomic E-state index is 0.690. The average Bonchev–Trinajstić information content (AvgIpc) is 2.34. The molecule has 0 atom stereocenters. The third-order valence-corrected chi connectivity index (χ3v) is 1.91. The van der Waals surface area contributed by atoms with E-state index in [0.29, 0.717) is 5.15 Å². The van der Waals surface area contributed by atoms with Gasteiger partial charge in [-0.2, -0.15) is 5.10 Å². The van der Waals surface area contributed by atoms with Crippen LogP contribution in [0.15, 0.2) is 12.6 Å². The highest BCUT2D eigenvalue weighted by molar-refractivity contribution is 6.29. The van der Waals surface area contributed by atoms with Gasteiger partial charge in [-0.05, 0) is 18.9 Å². The lowest BCUT2D eigenvalue weighted by Crippen LogP contribution is -1.99. The van der Waals surface area contributed by atoms with Gasteiger partial charge in [0.15, 0.2) is 0 Å². The zero-order valence-corrected chi connectivity index (χ0v) is 8.23. The number of halogens is 1. The summed E-state index contributed by atoms with van der Waals surface area (Å²) >= 11 is 5.93. The van der Waals surface area contributed by atoms with E-state index in [2.05, 4.69) is 18.6 Å². The zero-order chi connectivity index (χ0) is 9.14. The number of allylic oxidation sites excluding steroid dienone is 1. The van der Waals surface area contributed by atoms with Crippen LogP contribution in [0.5, 0.6) is 0 Å². The van der Waals surface area contributed by atoms with Crippen LogP contribution in [0.4, 0.5) is 0 Å². The number of aryl methyl sites for hydroxylation is 1.